The van der Waals surface area contributed by atoms with Gasteiger partial charge in [0.05, 0.1) is 5.75 Å². The molecular formula is C20H19N5O4S. The molecule has 0 fully saturated rings. The summed E-state index contributed by atoms with van der Waals surface area (Å²) in [6.07, 6.45) is 0. The van der Waals surface area contributed by atoms with Crippen molar-refractivity contribution < 1.29 is 19.1 Å². The Kier molecular flexibility index (Phi) is 5.57. The van der Waals surface area contributed by atoms with Gasteiger partial charge in [0.15, 0.2) is 22.5 Å². The van der Waals surface area contributed by atoms with E-state index in [0.29, 0.717) is 28.2 Å². The largest absolute Gasteiger partial charge is 0.454 e. The SMILES string of the molecule is Cc1cccc(-c2nnc(SCC(=O)Nc3ccc4c(c3)OCO4)n2CC(N)=O)c1. The lowest BCUT2D eigenvalue weighted by Gasteiger charge is -2.09. The van der Waals surface area contributed by atoms with Crippen molar-refractivity contribution in [2.24, 2.45) is 5.73 Å². The minimum absolute atomic E-state index is 0.0810. The molecular weight excluding hydrogens is 406 g/mol. The quantitative estimate of drug-likeness (QED) is 0.557. The Morgan fingerprint density at radius 2 is 2.00 bits per heavy atom. The first-order chi connectivity index (χ1) is 14.5. The van der Waals surface area contributed by atoms with E-state index in [-0.39, 0.29) is 25.0 Å². The van der Waals surface area contributed by atoms with Crippen LogP contribution in [-0.2, 0) is 16.1 Å². The maximum Gasteiger partial charge on any atom is 0.237 e. The van der Waals surface area contributed by atoms with Gasteiger partial charge in [-0.3, -0.25) is 14.2 Å². The van der Waals surface area contributed by atoms with Crippen LogP contribution < -0.4 is 20.5 Å². The molecule has 0 saturated carbocycles. The van der Waals surface area contributed by atoms with E-state index in [0.717, 1.165) is 11.1 Å². The number of amides is 2. The van der Waals surface area contributed by atoms with Crippen LogP contribution in [0.25, 0.3) is 11.4 Å². The van der Waals surface area contributed by atoms with Gasteiger partial charge in [-0.2, -0.15) is 0 Å². The van der Waals surface area contributed by atoms with Gasteiger partial charge in [-0.05, 0) is 25.1 Å². The van der Waals surface area contributed by atoms with E-state index in [9.17, 15) is 9.59 Å². The molecule has 3 aromatic rings. The van der Waals surface area contributed by atoms with Gasteiger partial charge in [0.2, 0.25) is 18.6 Å². The van der Waals surface area contributed by atoms with Crippen molar-refractivity contribution in [3.05, 3.63) is 48.0 Å². The van der Waals surface area contributed by atoms with Crippen LogP contribution in [0, 0.1) is 6.92 Å². The fourth-order valence-corrected chi connectivity index (χ4v) is 3.73. The molecule has 154 valence electrons. The van der Waals surface area contributed by atoms with Gasteiger partial charge < -0.3 is 20.5 Å². The second kappa shape index (κ2) is 8.46. The highest BCUT2D eigenvalue weighted by Crippen LogP contribution is 2.34. The second-order valence-corrected chi connectivity index (χ2v) is 7.58. The number of nitrogens with one attached hydrogen (secondary N) is 1. The second-order valence-electron chi connectivity index (χ2n) is 6.63. The Morgan fingerprint density at radius 3 is 2.80 bits per heavy atom. The first kappa shape index (κ1) is 19.8. The predicted molar refractivity (Wildman–Crippen MR) is 111 cm³/mol. The molecule has 2 aromatic carbocycles. The minimum atomic E-state index is -0.518. The summed E-state index contributed by atoms with van der Waals surface area (Å²) in [7, 11) is 0. The Bertz CT molecular complexity index is 1110. The number of primary amides is 1. The molecule has 0 bridgehead atoms. The Balaban J connectivity index is 1.47. The molecule has 1 aromatic heterocycles. The molecule has 1 aliphatic rings. The lowest BCUT2D eigenvalue weighted by molar-refractivity contribution is -0.118. The topological polar surface area (TPSA) is 121 Å². The van der Waals surface area contributed by atoms with Crippen LogP contribution in [-0.4, -0.2) is 39.1 Å². The van der Waals surface area contributed by atoms with Crippen molar-refractivity contribution in [2.45, 2.75) is 18.6 Å². The Hall–Kier alpha value is -3.53. The standard InChI is InChI=1S/C20H19N5O4S/c1-12-3-2-4-13(7-12)19-23-24-20(25(19)9-17(21)26)30-10-18(27)22-14-5-6-15-16(8-14)29-11-28-15/h2-8H,9-11H2,1H3,(H2,21,26)(H,22,27). The normalized spacial score (nSPS) is 12.0. The average Bonchev–Trinajstić information content (AvgIpc) is 3.32. The van der Waals surface area contributed by atoms with E-state index in [2.05, 4.69) is 15.5 Å². The lowest BCUT2D eigenvalue weighted by atomic mass is 10.1. The number of nitrogens with two attached hydrogens (primary N) is 1. The number of benzene rings is 2. The smallest absolute Gasteiger partial charge is 0.237 e. The first-order valence-electron chi connectivity index (χ1n) is 9.10. The fraction of sp³-hybridized carbons (Fsp3) is 0.200. The van der Waals surface area contributed by atoms with Gasteiger partial charge in [-0.15, -0.1) is 10.2 Å². The number of nitrogens with zero attached hydrogens (tertiary/aromatic N) is 3. The predicted octanol–water partition coefficient (Wildman–Crippen LogP) is 2.20. The summed E-state index contributed by atoms with van der Waals surface area (Å²) in [5.41, 5.74) is 7.88. The number of thioether (sulfide) groups is 1. The fourth-order valence-electron chi connectivity index (χ4n) is 2.99. The van der Waals surface area contributed by atoms with Crippen molar-refractivity contribution in [2.75, 3.05) is 17.9 Å². The molecule has 0 radical (unpaired) electrons. The van der Waals surface area contributed by atoms with E-state index in [4.69, 9.17) is 15.2 Å². The third kappa shape index (κ3) is 4.38. The Labute approximate surface area is 176 Å². The van der Waals surface area contributed by atoms with Crippen molar-refractivity contribution in [3.8, 4) is 22.9 Å². The van der Waals surface area contributed by atoms with Crippen LogP contribution in [0.5, 0.6) is 11.5 Å². The summed E-state index contributed by atoms with van der Waals surface area (Å²) in [5, 5.41) is 11.6. The number of aromatic nitrogens is 3. The molecule has 0 spiro atoms. The van der Waals surface area contributed by atoms with Crippen molar-refractivity contribution >= 4 is 29.3 Å². The molecule has 3 N–H and O–H groups in total. The molecule has 10 heteroatoms. The van der Waals surface area contributed by atoms with Gasteiger partial charge in [-0.25, -0.2) is 0 Å². The van der Waals surface area contributed by atoms with Crippen LogP contribution in [0.1, 0.15) is 5.56 Å². The molecule has 30 heavy (non-hydrogen) atoms. The molecule has 2 amide bonds. The molecule has 0 aliphatic carbocycles. The van der Waals surface area contributed by atoms with Gasteiger partial charge in [0.25, 0.3) is 0 Å². The van der Waals surface area contributed by atoms with E-state index < -0.39 is 5.91 Å². The first-order valence-corrected chi connectivity index (χ1v) is 10.1. The molecule has 1 aliphatic heterocycles. The number of ether oxygens (including phenoxy) is 2. The summed E-state index contributed by atoms with van der Waals surface area (Å²) in [4.78, 5) is 24.0. The number of carbonyl (C=O) groups is 2. The minimum Gasteiger partial charge on any atom is -0.454 e. The third-order valence-corrected chi connectivity index (χ3v) is 5.26. The molecule has 2 heterocycles. The van der Waals surface area contributed by atoms with Crippen LogP contribution >= 0.6 is 11.8 Å². The lowest BCUT2D eigenvalue weighted by Crippen LogP contribution is -2.20. The van der Waals surface area contributed by atoms with E-state index >= 15 is 0 Å². The highest BCUT2D eigenvalue weighted by atomic mass is 32.2. The number of rotatable bonds is 7. The zero-order valence-corrected chi connectivity index (χ0v) is 16.9. The molecule has 4 rings (SSSR count). The zero-order chi connectivity index (χ0) is 21.1. The van der Waals surface area contributed by atoms with E-state index in [1.54, 1.807) is 22.8 Å². The number of aryl methyl sites for hydroxylation is 1. The van der Waals surface area contributed by atoms with Crippen LogP contribution in [0.2, 0.25) is 0 Å². The maximum atomic E-state index is 12.4. The van der Waals surface area contributed by atoms with Crippen molar-refractivity contribution in [3.63, 3.8) is 0 Å². The summed E-state index contributed by atoms with van der Waals surface area (Å²) >= 11 is 1.18. The van der Waals surface area contributed by atoms with Gasteiger partial charge in [-0.1, -0.05) is 35.5 Å². The monoisotopic (exact) mass is 425 g/mol. The number of hydrogen-bond donors (Lipinski definition) is 2. The van der Waals surface area contributed by atoms with E-state index in [1.807, 2.05) is 31.2 Å². The molecule has 0 atom stereocenters. The number of fused-ring (bicyclic) bond motifs is 1. The molecule has 9 nitrogen and oxygen atoms in total. The summed E-state index contributed by atoms with van der Waals surface area (Å²) in [6.45, 7) is 2.05. The summed E-state index contributed by atoms with van der Waals surface area (Å²) in [6, 6.07) is 12.9. The number of hydrogen-bond acceptors (Lipinski definition) is 7. The highest BCUT2D eigenvalue weighted by Gasteiger charge is 2.18. The van der Waals surface area contributed by atoms with Crippen molar-refractivity contribution in [1.29, 1.82) is 0 Å². The number of carbonyl (C=O) groups excluding carboxylic acids is 2. The van der Waals surface area contributed by atoms with E-state index in [1.165, 1.54) is 11.8 Å². The highest BCUT2D eigenvalue weighted by molar-refractivity contribution is 7.99. The molecule has 0 saturated heterocycles. The zero-order valence-electron chi connectivity index (χ0n) is 16.1. The van der Waals surface area contributed by atoms with Gasteiger partial charge in [0.1, 0.15) is 6.54 Å². The maximum absolute atomic E-state index is 12.4. The summed E-state index contributed by atoms with van der Waals surface area (Å²) in [5.74, 6) is 1.09. The summed E-state index contributed by atoms with van der Waals surface area (Å²) < 4.78 is 12.2. The van der Waals surface area contributed by atoms with Gasteiger partial charge in [0, 0.05) is 17.3 Å². The number of anilines is 1. The Morgan fingerprint density at radius 1 is 1.17 bits per heavy atom. The van der Waals surface area contributed by atoms with Crippen LogP contribution in [0.3, 0.4) is 0 Å². The molecule has 0 unspecified atom stereocenters. The van der Waals surface area contributed by atoms with Gasteiger partial charge >= 0.3 is 0 Å². The van der Waals surface area contributed by atoms with Crippen LogP contribution in [0.15, 0.2) is 47.6 Å². The van der Waals surface area contributed by atoms with Crippen molar-refractivity contribution in [1.82, 2.24) is 14.8 Å². The third-order valence-electron chi connectivity index (χ3n) is 4.30. The van der Waals surface area contributed by atoms with Crippen LogP contribution in [0.4, 0.5) is 5.69 Å². The average molecular weight is 425 g/mol.